The molecule has 0 saturated carbocycles. The fraction of sp³-hybridized carbons (Fsp3) is 0.400. The molecule has 6 nitrogen and oxygen atoms in total. The number of hydrogen-bond acceptors (Lipinski definition) is 4. The minimum atomic E-state index is -3.49. The summed E-state index contributed by atoms with van der Waals surface area (Å²) in [4.78, 5) is 2.33. The molecule has 1 heterocycles. The van der Waals surface area contributed by atoms with Gasteiger partial charge in [0.1, 0.15) is 4.90 Å². The summed E-state index contributed by atoms with van der Waals surface area (Å²) in [7, 11) is -1.80. The van der Waals surface area contributed by atoms with Gasteiger partial charge in [-0.2, -0.15) is 5.10 Å². The Morgan fingerprint density at radius 1 is 1.36 bits per heavy atom. The molecule has 0 aliphatic carbocycles. The maximum Gasteiger partial charge on any atom is 0.243 e. The summed E-state index contributed by atoms with van der Waals surface area (Å²) < 4.78 is 28.3. The zero-order chi connectivity index (χ0) is 16.2. The van der Waals surface area contributed by atoms with E-state index in [1.807, 2.05) is 25.1 Å². The third kappa shape index (κ3) is 4.08. The average molecular weight is 322 g/mol. The van der Waals surface area contributed by atoms with Crippen molar-refractivity contribution >= 4 is 15.7 Å². The molecule has 120 valence electrons. The SMILES string of the molecule is CCN(CCNS(=O)(=O)c1cnn(C)c1)c1cccc(C)c1. The van der Waals surface area contributed by atoms with E-state index in [0.29, 0.717) is 13.1 Å². The molecule has 1 N–H and O–H groups in total. The Balaban J connectivity index is 1.97. The van der Waals surface area contributed by atoms with Gasteiger partial charge in [0.15, 0.2) is 0 Å². The van der Waals surface area contributed by atoms with E-state index in [0.717, 1.165) is 12.2 Å². The summed E-state index contributed by atoms with van der Waals surface area (Å²) in [5.74, 6) is 0. The molecule has 0 unspecified atom stereocenters. The Hall–Kier alpha value is -1.86. The Kier molecular flexibility index (Phi) is 5.20. The van der Waals surface area contributed by atoms with Crippen LogP contribution in [0.4, 0.5) is 5.69 Å². The molecule has 2 aromatic rings. The molecule has 0 saturated heterocycles. The quantitative estimate of drug-likeness (QED) is 0.839. The fourth-order valence-electron chi connectivity index (χ4n) is 2.23. The molecule has 2 rings (SSSR count). The second kappa shape index (κ2) is 6.93. The third-order valence-corrected chi connectivity index (χ3v) is 4.83. The van der Waals surface area contributed by atoms with E-state index in [2.05, 4.69) is 27.7 Å². The molecule has 7 heteroatoms. The molecule has 0 bridgehead atoms. The third-order valence-electron chi connectivity index (χ3n) is 3.41. The Morgan fingerprint density at radius 3 is 2.73 bits per heavy atom. The van der Waals surface area contributed by atoms with Crippen molar-refractivity contribution in [2.75, 3.05) is 24.5 Å². The van der Waals surface area contributed by atoms with Crippen LogP contribution in [0, 0.1) is 6.92 Å². The smallest absolute Gasteiger partial charge is 0.243 e. The lowest BCUT2D eigenvalue weighted by molar-refractivity contribution is 0.580. The predicted octanol–water partition coefficient (Wildman–Crippen LogP) is 1.53. The van der Waals surface area contributed by atoms with Crippen molar-refractivity contribution in [1.82, 2.24) is 14.5 Å². The van der Waals surface area contributed by atoms with Gasteiger partial charge in [-0.1, -0.05) is 12.1 Å². The van der Waals surface area contributed by atoms with Gasteiger partial charge in [-0.15, -0.1) is 0 Å². The maximum atomic E-state index is 12.1. The maximum absolute atomic E-state index is 12.1. The molecule has 1 aromatic heterocycles. The van der Waals surface area contributed by atoms with Crippen molar-refractivity contribution in [3.63, 3.8) is 0 Å². The van der Waals surface area contributed by atoms with E-state index in [-0.39, 0.29) is 4.90 Å². The number of sulfonamides is 1. The van der Waals surface area contributed by atoms with Gasteiger partial charge in [0, 0.05) is 38.6 Å². The van der Waals surface area contributed by atoms with Crippen LogP contribution in [-0.2, 0) is 17.1 Å². The van der Waals surface area contributed by atoms with Crippen molar-refractivity contribution in [2.24, 2.45) is 7.05 Å². The molecule has 0 fully saturated rings. The topological polar surface area (TPSA) is 67.2 Å². The molecule has 1 aromatic carbocycles. The molecular formula is C15H22N4O2S. The lowest BCUT2D eigenvalue weighted by Crippen LogP contribution is -2.34. The van der Waals surface area contributed by atoms with Gasteiger partial charge in [0.25, 0.3) is 0 Å². The molecular weight excluding hydrogens is 300 g/mol. The lowest BCUT2D eigenvalue weighted by atomic mass is 10.2. The number of nitrogens with zero attached hydrogens (tertiary/aromatic N) is 3. The van der Waals surface area contributed by atoms with Gasteiger partial charge < -0.3 is 4.90 Å². The monoisotopic (exact) mass is 322 g/mol. The molecule has 0 spiro atoms. The van der Waals surface area contributed by atoms with Gasteiger partial charge in [0.05, 0.1) is 6.20 Å². The van der Waals surface area contributed by atoms with E-state index in [4.69, 9.17) is 0 Å². The highest BCUT2D eigenvalue weighted by atomic mass is 32.2. The van der Waals surface area contributed by atoms with Crippen LogP contribution in [0.15, 0.2) is 41.6 Å². The first kappa shape index (κ1) is 16.5. The number of anilines is 1. The Labute approximate surface area is 131 Å². The highest BCUT2D eigenvalue weighted by Crippen LogP contribution is 2.15. The van der Waals surface area contributed by atoms with Crippen LogP contribution in [0.3, 0.4) is 0 Å². The van der Waals surface area contributed by atoms with Gasteiger partial charge in [-0.05, 0) is 31.5 Å². The van der Waals surface area contributed by atoms with Gasteiger partial charge in [-0.25, -0.2) is 13.1 Å². The normalized spacial score (nSPS) is 11.6. The highest BCUT2D eigenvalue weighted by Gasteiger charge is 2.15. The summed E-state index contributed by atoms with van der Waals surface area (Å²) in [6, 6.07) is 8.18. The number of aromatic nitrogens is 2. The van der Waals surface area contributed by atoms with Crippen LogP contribution in [-0.4, -0.2) is 37.8 Å². The van der Waals surface area contributed by atoms with E-state index in [1.165, 1.54) is 22.6 Å². The average Bonchev–Trinajstić information content (AvgIpc) is 2.91. The first-order chi connectivity index (χ1) is 10.4. The Bertz CT molecular complexity index is 725. The molecule has 0 aliphatic rings. The Morgan fingerprint density at radius 2 is 2.14 bits per heavy atom. The number of hydrogen-bond donors (Lipinski definition) is 1. The standard InChI is InChI=1S/C15H22N4O2S/c1-4-19(14-7-5-6-13(2)10-14)9-8-17-22(20,21)15-11-16-18(3)12-15/h5-7,10-12,17H,4,8-9H2,1-3H3. The van der Waals surface area contributed by atoms with Crippen molar-refractivity contribution in [3.05, 3.63) is 42.2 Å². The summed E-state index contributed by atoms with van der Waals surface area (Å²) in [5, 5.41) is 3.89. The van der Waals surface area contributed by atoms with E-state index in [1.54, 1.807) is 7.05 Å². The van der Waals surface area contributed by atoms with E-state index >= 15 is 0 Å². The van der Waals surface area contributed by atoms with Gasteiger partial charge in [0.2, 0.25) is 10.0 Å². The summed E-state index contributed by atoms with van der Waals surface area (Å²) in [6.45, 7) is 5.87. The second-order valence-electron chi connectivity index (χ2n) is 5.17. The van der Waals surface area contributed by atoms with E-state index in [9.17, 15) is 8.42 Å². The number of aryl methyl sites for hydroxylation is 2. The first-order valence-corrected chi connectivity index (χ1v) is 8.70. The molecule has 22 heavy (non-hydrogen) atoms. The molecule has 0 radical (unpaired) electrons. The van der Waals surface area contributed by atoms with Crippen LogP contribution in [0.5, 0.6) is 0 Å². The number of benzene rings is 1. The zero-order valence-electron chi connectivity index (χ0n) is 13.2. The minimum Gasteiger partial charge on any atom is -0.370 e. The van der Waals surface area contributed by atoms with Crippen molar-refractivity contribution in [2.45, 2.75) is 18.7 Å². The van der Waals surface area contributed by atoms with Gasteiger partial charge in [-0.3, -0.25) is 4.68 Å². The first-order valence-electron chi connectivity index (χ1n) is 7.22. The number of nitrogens with one attached hydrogen (secondary N) is 1. The fourth-order valence-corrected chi connectivity index (χ4v) is 3.23. The largest absolute Gasteiger partial charge is 0.370 e. The van der Waals surface area contributed by atoms with Crippen LogP contribution in [0.25, 0.3) is 0 Å². The lowest BCUT2D eigenvalue weighted by Gasteiger charge is -2.23. The zero-order valence-corrected chi connectivity index (χ0v) is 14.0. The summed E-state index contributed by atoms with van der Waals surface area (Å²) in [5.41, 5.74) is 2.29. The van der Waals surface area contributed by atoms with Crippen LogP contribution in [0.1, 0.15) is 12.5 Å². The molecule has 0 aliphatic heterocycles. The second-order valence-corrected chi connectivity index (χ2v) is 6.93. The number of likely N-dealkylation sites (N-methyl/N-ethyl adjacent to an activating group) is 1. The van der Waals surface area contributed by atoms with Crippen molar-refractivity contribution in [1.29, 1.82) is 0 Å². The van der Waals surface area contributed by atoms with Gasteiger partial charge >= 0.3 is 0 Å². The van der Waals surface area contributed by atoms with Crippen LogP contribution >= 0.6 is 0 Å². The molecule has 0 atom stereocenters. The van der Waals surface area contributed by atoms with Crippen LogP contribution < -0.4 is 9.62 Å². The van der Waals surface area contributed by atoms with Crippen molar-refractivity contribution in [3.8, 4) is 0 Å². The highest BCUT2D eigenvalue weighted by molar-refractivity contribution is 7.89. The van der Waals surface area contributed by atoms with E-state index < -0.39 is 10.0 Å². The minimum absolute atomic E-state index is 0.189. The summed E-state index contributed by atoms with van der Waals surface area (Å²) >= 11 is 0. The van der Waals surface area contributed by atoms with Crippen molar-refractivity contribution < 1.29 is 8.42 Å². The molecule has 0 amide bonds. The predicted molar refractivity (Wildman–Crippen MR) is 87.5 cm³/mol. The summed E-state index contributed by atoms with van der Waals surface area (Å²) in [6.07, 6.45) is 2.83. The van der Waals surface area contributed by atoms with Crippen LogP contribution in [0.2, 0.25) is 0 Å². The number of rotatable bonds is 7.